The summed E-state index contributed by atoms with van der Waals surface area (Å²) in [5, 5.41) is 0. The maximum absolute atomic E-state index is 5.32. The van der Waals surface area contributed by atoms with Gasteiger partial charge in [0.15, 0.2) is 0 Å². The van der Waals surface area contributed by atoms with E-state index in [0.717, 1.165) is 12.5 Å². The molecule has 1 aliphatic carbocycles. The van der Waals surface area contributed by atoms with Gasteiger partial charge in [0.2, 0.25) is 0 Å². The molecule has 2 fully saturated rings. The van der Waals surface area contributed by atoms with E-state index in [1.807, 2.05) is 0 Å². The molecule has 0 amide bonds. The van der Waals surface area contributed by atoms with E-state index in [1.54, 1.807) is 0 Å². The van der Waals surface area contributed by atoms with E-state index in [2.05, 4.69) is 0 Å². The Bertz CT molecular complexity index is 108. The van der Waals surface area contributed by atoms with E-state index in [4.69, 9.17) is 9.78 Å². The van der Waals surface area contributed by atoms with Gasteiger partial charge in [0, 0.05) is 0 Å². The fourth-order valence-corrected chi connectivity index (χ4v) is 2.35. The lowest BCUT2D eigenvalue weighted by molar-refractivity contribution is -0.355. The fraction of sp³-hybridized carbons (Fsp3) is 1.00. The van der Waals surface area contributed by atoms with Crippen molar-refractivity contribution in [3.05, 3.63) is 0 Å². The van der Waals surface area contributed by atoms with E-state index in [9.17, 15) is 0 Å². The highest BCUT2D eigenvalue weighted by molar-refractivity contribution is 4.74. The molecule has 2 heteroatoms. The Balaban J connectivity index is 1.80. The average Bonchev–Trinajstić information content (AvgIpc) is 2.21. The van der Waals surface area contributed by atoms with Crippen LogP contribution >= 0.6 is 0 Å². The molecule has 0 aromatic heterocycles. The van der Waals surface area contributed by atoms with Gasteiger partial charge in [-0.05, 0) is 31.6 Å². The van der Waals surface area contributed by atoms with Crippen LogP contribution in [-0.2, 0) is 9.78 Å². The lowest BCUT2D eigenvalue weighted by Gasteiger charge is -2.31. The molecule has 1 aliphatic heterocycles. The standard InChI is InChI=1S/C10H18O2/c1-2-5-9(6-3-1)10-7-4-8-11-12-10/h9-10H,1-8H2. The van der Waals surface area contributed by atoms with Crippen LogP contribution in [0.25, 0.3) is 0 Å². The van der Waals surface area contributed by atoms with Crippen molar-refractivity contribution < 1.29 is 9.78 Å². The van der Waals surface area contributed by atoms with Gasteiger partial charge < -0.3 is 0 Å². The van der Waals surface area contributed by atoms with Gasteiger partial charge in [0.1, 0.15) is 0 Å². The first-order valence-electron chi connectivity index (χ1n) is 5.25. The molecule has 1 unspecified atom stereocenters. The van der Waals surface area contributed by atoms with E-state index >= 15 is 0 Å². The van der Waals surface area contributed by atoms with Crippen molar-refractivity contribution in [2.45, 2.75) is 51.0 Å². The molecule has 2 rings (SSSR count). The van der Waals surface area contributed by atoms with Crippen LogP contribution < -0.4 is 0 Å². The molecule has 1 saturated heterocycles. The molecule has 1 heterocycles. The molecule has 0 spiro atoms. The summed E-state index contributed by atoms with van der Waals surface area (Å²) in [7, 11) is 0. The minimum Gasteiger partial charge on any atom is -0.236 e. The van der Waals surface area contributed by atoms with Gasteiger partial charge in [-0.25, -0.2) is 9.78 Å². The Hall–Kier alpha value is -0.0800. The Labute approximate surface area is 74.2 Å². The maximum atomic E-state index is 5.32. The van der Waals surface area contributed by atoms with Crippen molar-refractivity contribution in [3.8, 4) is 0 Å². The van der Waals surface area contributed by atoms with Gasteiger partial charge in [-0.2, -0.15) is 0 Å². The second-order valence-electron chi connectivity index (χ2n) is 4.00. The summed E-state index contributed by atoms with van der Waals surface area (Å²) in [6.45, 7) is 0.795. The molecular weight excluding hydrogens is 152 g/mol. The fourth-order valence-electron chi connectivity index (χ4n) is 2.35. The van der Waals surface area contributed by atoms with Crippen LogP contribution in [0.5, 0.6) is 0 Å². The van der Waals surface area contributed by atoms with Crippen molar-refractivity contribution in [2.75, 3.05) is 6.61 Å². The molecule has 2 aliphatic rings. The maximum Gasteiger partial charge on any atom is 0.0958 e. The number of hydrogen-bond acceptors (Lipinski definition) is 2. The average molecular weight is 170 g/mol. The number of hydrogen-bond donors (Lipinski definition) is 0. The summed E-state index contributed by atoms with van der Waals surface area (Å²) in [6, 6.07) is 0. The smallest absolute Gasteiger partial charge is 0.0958 e. The van der Waals surface area contributed by atoms with Crippen molar-refractivity contribution in [2.24, 2.45) is 5.92 Å². The molecule has 0 N–H and O–H groups in total. The third kappa shape index (κ3) is 1.99. The van der Waals surface area contributed by atoms with Crippen LogP contribution in [0.4, 0.5) is 0 Å². The Morgan fingerprint density at radius 1 is 0.833 bits per heavy atom. The molecule has 2 nitrogen and oxygen atoms in total. The zero-order valence-corrected chi connectivity index (χ0v) is 7.63. The van der Waals surface area contributed by atoms with Crippen LogP contribution in [0.2, 0.25) is 0 Å². The van der Waals surface area contributed by atoms with Crippen molar-refractivity contribution in [3.63, 3.8) is 0 Å². The number of rotatable bonds is 1. The second-order valence-corrected chi connectivity index (χ2v) is 4.00. The third-order valence-electron chi connectivity index (χ3n) is 3.08. The molecule has 0 radical (unpaired) electrons. The Morgan fingerprint density at radius 2 is 1.67 bits per heavy atom. The van der Waals surface area contributed by atoms with E-state index < -0.39 is 0 Å². The lowest BCUT2D eigenvalue weighted by atomic mass is 9.83. The van der Waals surface area contributed by atoms with Crippen LogP contribution in [-0.4, -0.2) is 12.7 Å². The highest BCUT2D eigenvalue weighted by Gasteiger charge is 2.26. The quantitative estimate of drug-likeness (QED) is 0.563. The molecular formula is C10H18O2. The Morgan fingerprint density at radius 3 is 2.33 bits per heavy atom. The molecule has 1 atom stereocenters. The van der Waals surface area contributed by atoms with Gasteiger partial charge in [-0.15, -0.1) is 0 Å². The van der Waals surface area contributed by atoms with Gasteiger partial charge in [-0.3, -0.25) is 0 Å². The topological polar surface area (TPSA) is 18.5 Å². The van der Waals surface area contributed by atoms with Crippen molar-refractivity contribution in [1.29, 1.82) is 0 Å². The first kappa shape index (κ1) is 8.52. The monoisotopic (exact) mass is 170 g/mol. The van der Waals surface area contributed by atoms with E-state index in [0.29, 0.717) is 6.10 Å². The summed E-state index contributed by atoms with van der Waals surface area (Å²) in [4.78, 5) is 10.4. The molecule has 70 valence electrons. The van der Waals surface area contributed by atoms with Gasteiger partial charge >= 0.3 is 0 Å². The largest absolute Gasteiger partial charge is 0.236 e. The summed E-state index contributed by atoms with van der Waals surface area (Å²) in [5.74, 6) is 0.791. The third-order valence-corrected chi connectivity index (χ3v) is 3.08. The van der Waals surface area contributed by atoms with Crippen LogP contribution in [0, 0.1) is 5.92 Å². The van der Waals surface area contributed by atoms with Crippen LogP contribution in [0.15, 0.2) is 0 Å². The van der Waals surface area contributed by atoms with Gasteiger partial charge in [-0.1, -0.05) is 19.3 Å². The molecule has 12 heavy (non-hydrogen) atoms. The molecule has 0 bridgehead atoms. The molecule has 1 saturated carbocycles. The van der Waals surface area contributed by atoms with Crippen molar-refractivity contribution >= 4 is 0 Å². The highest BCUT2D eigenvalue weighted by Crippen LogP contribution is 2.31. The predicted molar refractivity (Wildman–Crippen MR) is 46.6 cm³/mol. The highest BCUT2D eigenvalue weighted by atomic mass is 17.2. The SMILES string of the molecule is C1CCC(C2CCCOO2)CC1. The zero-order chi connectivity index (χ0) is 8.23. The zero-order valence-electron chi connectivity index (χ0n) is 7.63. The van der Waals surface area contributed by atoms with Crippen LogP contribution in [0.1, 0.15) is 44.9 Å². The first-order chi connectivity index (χ1) is 5.97. The predicted octanol–water partition coefficient (Wildman–Crippen LogP) is 2.68. The van der Waals surface area contributed by atoms with E-state index in [-0.39, 0.29) is 0 Å². The molecule has 0 aromatic rings. The first-order valence-corrected chi connectivity index (χ1v) is 5.25. The van der Waals surface area contributed by atoms with Gasteiger partial charge in [0.05, 0.1) is 12.7 Å². The van der Waals surface area contributed by atoms with E-state index in [1.165, 1.54) is 44.9 Å². The normalized spacial score (nSPS) is 33.5. The minimum absolute atomic E-state index is 0.416. The van der Waals surface area contributed by atoms with Crippen LogP contribution in [0.3, 0.4) is 0 Å². The minimum atomic E-state index is 0.416. The summed E-state index contributed by atoms with van der Waals surface area (Å²) < 4.78 is 0. The molecule has 0 aromatic carbocycles. The lowest BCUT2D eigenvalue weighted by Crippen LogP contribution is -2.29. The summed E-state index contributed by atoms with van der Waals surface area (Å²) in [6.07, 6.45) is 9.73. The second kappa shape index (κ2) is 4.24. The Kier molecular flexibility index (Phi) is 3.01. The summed E-state index contributed by atoms with van der Waals surface area (Å²) >= 11 is 0. The van der Waals surface area contributed by atoms with Crippen molar-refractivity contribution in [1.82, 2.24) is 0 Å². The summed E-state index contributed by atoms with van der Waals surface area (Å²) in [5.41, 5.74) is 0. The van der Waals surface area contributed by atoms with Gasteiger partial charge in [0.25, 0.3) is 0 Å².